The van der Waals surface area contributed by atoms with Crippen molar-refractivity contribution in [2.45, 2.75) is 52.5 Å². The van der Waals surface area contributed by atoms with Gasteiger partial charge in [-0.2, -0.15) is 0 Å². The number of anilines is 2. The molecule has 1 saturated heterocycles. The molecule has 2 aromatic carbocycles. The Kier molecular flexibility index (Phi) is 9.53. The molecule has 0 spiro atoms. The number of nitrogens with one attached hydrogen (secondary N) is 2. The SMILES string of the molecule is CCc1cc(C(C)=O)cc(C)c1C(=O)NC(Cc1ccc(N2CCC(CNc3ccccn3)CC2)cc1)C(=O)O. The molecule has 1 fully saturated rings. The van der Waals surface area contributed by atoms with Crippen molar-refractivity contribution in [2.24, 2.45) is 5.92 Å². The summed E-state index contributed by atoms with van der Waals surface area (Å²) in [6.07, 6.45) is 4.69. The fourth-order valence-electron chi connectivity index (χ4n) is 5.29. The summed E-state index contributed by atoms with van der Waals surface area (Å²) in [6.45, 7) is 8.01. The van der Waals surface area contributed by atoms with Gasteiger partial charge in [0.25, 0.3) is 5.91 Å². The van der Waals surface area contributed by atoms with Crippen LogP contribution in [0.5, 0.6) is 0 Å². The first-order chi connectivity index (χ1) is 19.2. The molecule has 3 N–H and O–H groups in total. The van der Waals surface area contributed by atoms with Crippen LogP contribution in [0.25, 0.3) is 0 Å². The summed E-state index contributed by atoms with van der Waals surface area (Å²) >= 11 is 0. The number of carbonyl (C=O) groups excluding carboxylic acids is 2. The maximum Gasteiger partial charge on any atom is 0.326 e. The van der Waals surface area contributed by atoms with Gasteiger partial charge in [-0.3, -0.25) is 9.59 Å². The number of benzene rings is 2. The number of aliphatic carboxylic acids is 1. The second-order valence-electron chi connectivity index (χ2n) is 10.5. The molecule has 8 nitrogen and oxygen atoms in total. The third-order valence-electron chi connectivity index (χ3n) is 7.63. The summed E-state index contributed by atoms with van der Waals surface area (Å²) in [5.41, 5.74) is 4.33. The Morgan fingerprint density at radius 1 is 1.07 bits per heavy atom. The lowest BCUT2D eigenvalue weighted by Gasteiger charge is -2.34. The first-order valence-electron chi connectivity index (χ1n) is 13.9. The van der Waals surface area contributed by atoms with Gasteiger partial charge in [-0.15, -0.1) is 0 Å². The van der Waals surface area contributed by atoms with Crippen LogP contribution >= 0.6 is 0 Å². The van der Waals surface area contributed by atoms with E-state index in [4.69, 9.17) is 0 Å². The minimum Gasteiger partial charge on any atom is -0.480 e. The van der Waals surface area contributed by atoms with E-state index in [-0.39, 0.29) is 12.2 Å². The van der Waals surface area contributed by atoms with E-state index in [2.05, 4.69) is 20.5 Å². The van der Waals surface area contributed by atoms with Gasteiger partial charge in [-0.05, 0) is 92.1 Å². The number of piperidine rings is 1. The third kappa shape index (κ3) is 7.25. The Labute approximate surface area is 235 Å². The number of Topliss-reactive ketones (excluding diaryl/α,β-unsaturated/α-hetero) is 1. The predicted octanol–water partition coefficient (Wildman–Crippen LogP) is 4.91. The smallest absolute Gasteiger partial charge is 0.326 e. The predicted molar refractivity (Wildman–Crippen MR) is 157 cm³/mol. The standard InChI is InChI=1S/C32H38N4O4/c1-4-25-19-26(22(3)37)17-21(2)30(25)31(38)35-28(32(39)40)18-23-8-10-27(11-9-23)36-15-12-24(13-16-36)20-34-29-7-5-6-14-33-29/h5-11,14,17,19,24,28H,4,12-13,15-16,18,20H2,1-3H3,(H,33,34)(H,35,38)(H,39,40). The molecular formula is C32H38N4O4. The fraction of sp³-hybridized carbons (Fsp3) is 0.375. The number of rotatable bonds is 11. The lowest BCUT2D eigenvalue weighted by Crippen LogP contribution is -2.43. The summed E-state index contributed by atoms with van der Waals surface area (Å²) in [5, 5.41) is 16.0. The molecule has 210 valence electrons. The van der Waals surface area contributed by atoms with Crippen LogP contribution in [0.15, 0.2) is 60.8 Å². The van der Waals surface area contributed by atoms with E-state index in [9.17, 15) is 19.5 Å². The highest BCUT2D eigenvalue weighted by Gasteiger charge is 2.25. The van der Waals surface area contributed by atoms with E-state index in [1.165, 1.54) is 6.92 Å². The monoisotopic (exact) mass is 542 g/mol. The molecule has 1 aliphatic rings. The summed E-state index contributed by atoms with van der Waals surface area (Å²) in [6, 6.07) is 16.1. The van der Waals surface area contributed by atoms with Crippen LogP contribution in [0.2, 0.25) is 0 Å². The van der Waals surface area contributed by atoms with Crippen molar-refractivity contribution < 1.29 is 19.5 Å². The molecule has 40 heavy (non-hydrogen) atoms. The molecule has 0 aliphatic carbocycles. The van der Waals surface area contributed by atoms with Crippen molar-refractivity contribution in [2.75, 3.05) is 29.9 Å². The van der Waals surface area contributed by atoms with Gasteiger partial charge in [0.2, 0.25) is 0 Å². The summed E-state index contributed by atoms with van der Waals surface area (Å²) in [7, 11) is 0. The van der Waals surface area contributed by atoms with Crippen molar-refractivity contribution in [3.8, 4) is 0 Å². The van der Waals surface area contributed by atoms with Crippen LogP contribution in [0, 0.1) is 12.8 Å². The van der Waals surface area contributed by atoms with Crippen LogP contribution in [0.1, 0.15) is 64.1 Å². The molecule has 0 radical (unpaired) electrons. The average molecular weight is 543 g/mol. The number of hydrogen-bond donors (Lipinski definition) is 3. The van der Waals surface area contributed by atoms with Gasteiger partial charge in [-0.25, -0.2) is 9.78 Å². The number of aryl methyl sites for hydroxylation is 2. The van der Waals surface area contributed by atoms with Gasteiger partial charge in [-0.1, -0.05) is 25.1 Å². The summed E-state index contributed by atoms with van der Waals surface area (Å²) in [5.74, 6) is -0.0986. The minimum atomic E-state index is -1.09. The molecule has 0 saturated carbocycles. The largest absolute Gasteiger partial charge is 0.480 e. The Hall–Kier alpha value is -4.20. The average Bonchev–Trinajstić information content (AvgIpc) is 2.96. The molecule has 3 aromatic rings. The zero-order chi connectivity index (χ0) is 28.6. The lowest BCUT2D eigenvalue weighted by atomic mass is 9.94. The minimum absolute atomic E-state index is 0.0707. The molecule has 8 heteroatoms. The number of amides is 1. The molecule has 1 aliphatic heterocycles. The number of aromatic nitrogens is 1. The molecular weight excluding hydrogens is 504 g/mol. The highest BCUT2D eigenvalue weighted by molar-refractivity contribution is 6.01. The maximum absolute atomic E-state index is 13.2. The normalized spacial score (nSPS) is 14.4. The van der Waals surface area contributed by atoms with E-state index in [1.807, 2.05) is 49.4 Å². The number of carboxylic acid groups (broad SMARTS) is 1. The van der Waals surface area contributed by atoms with Crippen molar-refractivity contribution in [1.29, 1.82) is 0 Å². The number of pyridine rings is 1. The number of carboxylic acids is 1. The Balaban J connectivity index is 1.34. The second kappa shape index (κ2) is 13.2. The van der Waals surface area contributed by atoms with Crippen LogP contribution in [0.4, 0.5) is 11.5 Å². The third-order valence-corrected chi connectivity index (χ3v) is 7.63. The Bertz CT molecular complexity index is 1330. The van der Waals surface area contributed by atoms with Gasteiger partial charge < -0.3 is 20.6 Å². The van der Waals surface area contributed by atoms with Crippen molar-refractivity contribution in [3.05, 3.63) is 88.6 Å². The lowest BCUT2D eigenvalue weighted by molar-refractivity contribution is -0.139. The summed E-state index contributed by atoms with van der Waals surface area (Å²) in [4.78, 5) is 43.8. The molecule has 2 heterocycles. The highest BCUT2D eigenvalue weighted by Crippen LogP contribution is 2.25. The van der Waals surface area contributed by atoms with Crippen LogP contribution in [-0.2, 0) is 17.6 Å². The molecule has 4 rings (SSSR count). The van der Waals surface area contributed by atoms with Crippen LogP contribution < -0.4 is 15.5 Å². The van der Waals surface area contributed by atoms with Gasteiger partial charge in [0.05, 0.1) is 0 Å². The summed E-state index contributed by atoms with van der Waals surface area (Å²) < 4.78 is 0. The van der Waals surface area contributed by atoms with Crippen LogP contribution in [0.3, 0.4) is 0 Å². The number of nitrogens with zero attached hydrogens (tertiary/aromatic N) is 2. The van der Waals surface area contributed by atoms with E-state index >= 15 is 0 Å². The Morgan fingerprint density at radius 2 is 1.80 bits per heavy atom. The number of carbonyl (C=O) groups is 3. The van der Waals surface area contributed by atoms with Crippen molar-refractivity contribution >= 4 is 29.2 Å². The van der Waals surface area contributed by atoms with Crippen molar-refractivity contribution in [3.63, 3.8) is 0 Å². The molecule has 1 amide bonds. The first-order valence-corrected chi connectivity index (χ1v) is 13.9. The van der Waals surface area contributed by atoms with Crippen molar-refractivity contribution in [1.82, 2.24) is 10.3 Å². The van der Waals surface area contributed by atoms with Gasteiger partial charge in [0.15, 0.2) is 5.78 Å². The zero-order valence-electron chi connectivity index (χ0n) is 23.4. The van der Waals surface area contributed by atoms with Gasteiger partial charge >= 0.3 is 5.97 Å². The number of hydrogen-bond acceptors (Lipinski definition) is 6. The van der Waals surface area contributed by atoms with E-state index in [0.717, 1.165) is 55.1 Å². The molecule has 1 unspecified atom stereocenters. The number of ketones is 1. The second-order valence-corrected chi connectivity index (χ2v) is 10.5. The van der Waals surface area contributed by atoms with E-state index in [1.54, 1.807) is 25.3 Å². The fourth-order valence-corrected chi connectivity index (χ4v) is 5.29. The topological polar surface area (TPSA) is 112 Å². The highest BCUT2D eigenvalue weighted by atomic mass is 16.4. The Morgan fingerprint density at radius 3 is 2.40 bits per heavy atom. The van der Waals surface area contributed by atoms with Gasteiger partial charge in [0.1, 0.15) is 11.9 Å². The van der Waals surface area contributed by atoms with Crippen LogP contribution in [-0.4, -0.2) is 53.4 Å². The molecule has 1 aromatic heterocycles. The van der Waals surface area contributed by atoms with E-state index in [0.29, 0.717) is 29.0 Å². The quantitative estimate of drug-likeness (QED) is 0.295. The molecule has 0 bridgehead atoms. The zero-order valence-corrected chi connectivity index (χ0v) is 23.4. The maximum atomic E-state index is 13.2. The van der Waals surface area contributed by atoms with Gasteiger partial charge in [0, 0.05) is 49.1 Å². The van der Waals surface area contributed by atoms with E-state index < -0.39 is 17.9 Å². The first kappa shape index (κ1) is 28.8. The molecule has 1 atom stereocenters.